The fourth-order valence-electron chi connectivity index (χ4n) is 8.52. The van der Waals surface area contributed by atoms with Gasteiger partial charge in [-0.2, -0.15) is 0 Å². The third-order valence-corrected chi connectivity index (χ3v) is 22.2. The molecule has 0 aromatic heterocycles. The zero-order valence-electron chi connectivity index (χ0n) is 29.1. The number of ether oxygens (including phenoxy) is 1. The number of allylic oxidation sites excluding steroid dienone is 3. The largest absolute Gasteiger partial charge is 0.480 e. The molecule has 8 atom stereocenters. The zero-order chi connectivity index (χ0) is 31.7. The van der Waals surface area contributed by atoms with E-state index in [9.17, 15) is 9.90 Å². The Hall–Kier alpha value is -0.736. The lowest BCUT2D eigenvalue weighted by Crippen LogP contribution is -2.58. The van der Waals surface area contributed by atoms with Crippen LogP contribution in [0.5, 0.6) is 0 Å². The second kappa shape index (κ2) is 11.3. The van der Waals surface area contributed by atoms with Crippen molar-refractivity contribution in [2.75, 3.05) is 6.61 Å². The molecule has 0 aromatic rings. The first-order chi connectivity index (χ1) is 19.0. The van der Waals surface area contributed by atoms with Gasteiger partial charge in [0.1, 0.15) is 6.61 Å². The van der Waals surface area contributed by atoms with Crippen LogP contribution in [0.4, 0.5) is 0 Å². The van der Waals surface area contributed by atoms with E-state index in [2.05, 4.69) is 101 Å². The summed E-state index contributed by atoms with van der Waals surface area (Å²) in [6.07, 6.45) is 11.8. The zero-order valence-corrected chi connectivity index (χ0v) is 31.1. The summed E-state index contributed by atoms with van der Waals surface area (Å²) in [5, 5.41) is 9.53. The molecular formula is C35H62O5Si2. The standard InChI is InChI=1S/C35H62O5Si2/c1-23(38-22-31(36)37)27-16-17-28-26-15-14-24-20-25(39-41(10,11)32(2,3)4)21-30(40-42(12,13)33(5,6)7)35(24,9)29(26)18-19-34(27,28)8/h14-15,23,25,27-30H,16-22H2,1-13H3,(H,36,37)/t23-,25+,27+,28?,29?,30-,34+,35-/m0/s1. The van der Waals surface area contributed by atoms with Crippen molar-refractivity contribution in [3.8, 4) is 0 Å². The van der Waals surface area contributed by atoms with E-state index in [-0.39, 0.29) is 45.8 Å². The van der Waals surface area contributed by atoms with Crippen LogP contribution in [0, 0.1) is 28.6 Å². The fourth-order valence-corrected chi connectivity index (χ4v) is 11.3. The first-order valence-corrected chi connectivity index (χ1v) is 22.5. The van der Waals surface area contributed by atoms with E-state index in [4.69, 9.17) is 13.6 Å². The third kappa shape index (κ3) is 5.95. The number of carbonyl (C=O) groups is 1. The van der Waals surface area contributed by atoms with Crippen LogP contribution in [0.25, 0.3) is 0 Å². The van der Waals surface area contributed by atoms with Gasteiger partial charge in [0.05, 0.1) is 18.3 Å². The minimum absolute atomic E-state index is 0.0300. The number of fused-ring (bicyclic) bond motifs is 5. The van der Waals surface area contributed by atoms with Crippen molar-refractivity contribution in [1.29, 1.82) is 0 Å². The number of hydrogen-bond donors (Lipinski definition) is 1. The first kappa shape index (κ1) is 34.1. The molecule has 0 saturated heterocycles. The lowest BCUT2D eigenvalue weighted by atomic mass is 9.49. The van der Waals surface area contributed by atoms with Crippen LogP contribution in [0.15, 0.2) is 23.3 Å². The van der Waals surface area contributed by atoms with Gasteiger partial charge in [0, 0.05) is 5.41 Å². The Balaban J connectivity index is 1.69. The summed E-state index contributed by atoms with van der Waals surface area (Å²) in [4.78, 5) is 11.2. The van der Waals surface area contributed by atoms with Gasteiger partial charge < -0.3 is 18.7 Å². The van der Waals surface area contributed by atoms with Crippen molar-refractivity contribution in [3.63, 3.8) is 0 Å². The second-order valence-electron chi connectivity index (χ2n) is 17.7. The molecule has 0 amide bonds. The highest BCUT2D eigenvalue weighted by atomic mass is 28.4. The fraction of sp³-hybridized carbons (Fsp3) is 0.857. The molecule has 5 nitrogen and oxygen atoms in total. The minimum atomic E-state index is -2.04. The summed E-state index contributed by atoms with van der Waals surface area (Å²) in [5.74, 6) is 0.497. The van der Waals surface area contributed by atoms with Crippen LogP contribution in [0.1, 0.15) is 101 Å². The first-order valence-electron chi connectivity index (χ1n) is 16.6. The number of rotatable bonds is 8. The molecule has 3 fully saturated rings. The molecule has 240 valence electrons. The van der Waals surface area contributed by atoms with E-state index < -0.39 is 22.6 Å². The summed E-state index contributed by atoms with van der Waals surface area (Å²) < 4.78 is 20.5. The summed E-state index contributed by atoms with van der Waals surface area (Å²) >= 11 is 0. The smallest absolute Gasteiger partial charge is 0.329 e. The molecule has 0 aromatic carbocycles. The van der Waals surface area contributed by atoms with Gasteiger partial charge in [0.15, 0.2) is 16.6 Å². The van der Waals surface area contributed by atoms with Gasteiger partial charge in [-0.15, -0.1) is 0 Å². The Morgan fingerprint density at radius 3 is 2.12 bits per heavy atom. The Morgan fingerprint density at radius 1 is 0.952 bits per heavy atom. The predicted octanol–water partition coefficient (Wildman–Crippen LogP) is 9.37. The van der Waals surface area contributed by atoms with Crippen molar-refractivity contribution < 1.29 is 23.5 Å². The molecule has 7 heteroatoms. The molecule has 0 heterocycles. The molecule has 42 heavy (non-hydrogen) atoms. The van der Waals surface area contributed by atoms with Crippen LogP contribution in [0.2, 0.25) is 36.3 Å². The van der Waals surface area contributed by atoms with Gasteiger partial charge in [-0.05, 0) is 105 Å². The maximum atomic E-state index is 11.2. The maximum Gasteiger partial charge on any atom is 0.329 e. The molecule has 0 radical (unpaired) electrons. The Labute approximate surface area is 259 Å². The van der Waals surface area contributed by atoms with E-state index in [1.54, 1.807) is 5.57 Å². The van der Waals surface area contributed by atoms with Gasteiger partial charge in [-0.25, -0.2) is 4.79 Å². The Bertz CT molecular complexity index is 1100. The van der Waals surface area contributed by atoms with Crippen LogP contribution < -0.4 is 0 Å². The number of hydrogen-bond acceptors (Lipinski definition) is 4. The molecule has 4 rings (SSSR count). The van der Waals surface area contributed by atoms with Crippen molar-refractivity contribution >= 4 is 22.6 Å². The Kier molecular flexibility index (Phi) is 9.15. The third-order valence-electron chi connectivity index (χ3n) is 13.2. The van der Waals surface area contributed by atoms with Crippen LogP contribution in [-0.4, -0.2) is 52.6 Å². The summed E-state index contributed by atoms with van der Waals surface area (Å²) in [6, 6.07) is 0. The lowest BCUT2D eigenvalue weighted by molar-refractivity contribution is -0.146. The summed E-state index contributed by atoms with van der Waals surface area (Å²) in [5.41, 5.74) is 3.26. The number of aliphatic carboxylic acids is 1. The van der Waals surface area contributed by atoms with Crippen molar-refractivity contribution in [1.82, 2.24) is 0 Å². The van der Waals surface area contributed by atoms with E-state index in [0.717, 1.165) is 38.5 Å². The van der Waals surface area contributed by atoms with Crippen molar-refractivity contribution in [3.05, 3.63) is 23.3 Å². The minimum Gasteiger partial charge on any atom is -0.480 e. The molecule has 0 aliphatic heterocycles. The van der Waals surface area contributed by atoms with Crippen LogP contribution in [-0.2, 0) is 18.4 Å². The van der Waals surface area contributed by atoms with E-state index in [1.165, 1.54) is 5.57 Å². The SMILES string of the molecule is C[C@H](OCC(=O)O)[C@H]1CCC2C3=CC=C4C[C@@H](O[Si](C)(C)C(C)(C)C)C[C@H](O[Si](C)(C)C(C)(C)C)[C@]4(C)C3CC[C@@]21C. The molecule has 1 N–H and O–H groups in total. The number of carboxylic acid groups (broad SMARTS) is 1. The summed E-state index contributed by atoms with van der Waals surface area (Å²) in [6.45, 7) is 30.6. The molecule has 0 spiro atoms. The Morgan fingerprint density at radius 2 is 1.55 bits per heavy atom. The molecule has 0 bridgehead atoms. The quantitative estimate of drug-likeness (QED) is 0.275. The summed E-state index contributed by atoms with van der Waals surface area (Å²) in [7, 11) is -3.97. The van der Waals surface area contributed by atoms with Crippen LogP contribution in [0.3, 0.4) is 0 Å². The maximum absolute atomic E-state index is 11.2. The molecule has 4 aliphatic rings. The molecule has 4 aliphatic carbocycles. The second-order valence-corrected chi connectivity index (χ2v) is 27.2. The molecular weight excluding hydrogens is 557 g/mol. The van der Waals surface area contributed by atoms with E-state index in [0.29, 0.717) is 17.8 Å². The van der Waals surface area contributed by atoms with Crippen molar-refractivity contribution in [2.24, 2.45) is 28.6 Å². The average molecular weight is 619 g/mol. The van der Waals surface area contributed by atoms with Gasteiger partial charge >= 0.3 is 5.97 Å². The molecule has 3 saturated carbocycles. The highest BCUT2D eigenvalue weighted by Crippen LogP contribution is 2.66. The van der Waals surface area contributed by atoms with Gasteiger partial charge in [-0.3, -0.25) is 0 Å². The van der Waals surface area contributed by atoms with E-state index >= 15 is 0 Å². The topological polar surface area (TPSA) is 65.0 Å². The van der Waals surface area contributed by atoms with Crippen LogP contribution >= 0.6 is 0 Å². The average Bonchev–Trinajstić information content (AvgIpc) is 3.19. The number of carboxylic acids is 1. The van der Waals surface area contributed by atoms with E-state index in [1.807, 2.05) is 0 Å². The van der Waals surface area contributed by atoms with Gasteiger partial charge in [0.25, 0.3) is 0 Å². The highest BCUT2D eigenvalue weighted by molar-refractivity contribution is 6.74. The van der Waals surface area contributed by atoms with Crippen molar-refractivity contribution in [2.45, 2.75) is 155 Å². The normalized spacial score (nSPS) is 36.4. The predicted molar refractivity (Wildman–Crippen MR) is 178 cm³/mol. The molecule has 2 unspecified atom stereocenters. The highest BCUT2D eigenvalue weighted by Gasteiger charge is 2.61. The van der Waals surface area contributed by atoms with Gasteiger partial charge in [-0.1, -0.05) is 78.7 Å². The van der Waals surface area contributed by atoms with Gasteiger partial charge in [0.2, 0.25) is 0 Å². The lowest BCUT2D eigenvalue weighted by Gasteiger charge is -2.59. The monoisotopic (exact) mass is 618 g/mol.